The smallest absolute Gasteiger partial charge is 0.0540 e. The predicted molar refractivity (Wildman–Crippen MR) is 29.4 cm³/mol. The summed E-state index contributed by atoms with van der Waals surface area (Å²) >= 11 is 0. The fraction of sp³-hybridized carbons (Fsp3) is 0.200. The Kier molecular flexibility index (Phi) is 1.02. The second kappa shape index (κ2) is 1.69. The van der Waals surface area contributed by atoms with Gasteiger partial charge in [-0.05, 0) is 0 Å². The lowest BCUT2D eigenvalue weighted by molar-refractivity contribution is 0.823. The van der Waals surface area contributed by atoms with Crippen LogP contribution in [0.4, 0.5) is 0 Å². The van der Waals surface area contributed by atoms with Crippen molar-refractivity contribution in [2.24, 2.45) is 0 Å². The molecular weight excluding hydrogens is 88.1 g/mol. The van der Waals surface area contributed by atoms with Crippen LogP contribution >= 0.6 is 0 Å². The van der Waals surface area contributed by atoms with Gasteiger partial charge in [-0.15, -0.1) is 0 Å². The largest absolute Gasteiger partial charge is 0.384 e. The first-order valence-corrected chi connectivity index (χ1v) is 2.22. The number of nitrogens with one attached hydrogen (secondary N) is 2. The van der Waals surface area contributed by atoms with Crippen LogP contribution in [0.5, 0.6) is 0 Å². The topological polar surface area (TPSA) is 24.1 Å². The van der Waals surface area contributed by atoms with Crippen LogP contribution in [0.25, 0.3) is 0 Å². The summed E-state index contributed by atoms with van der Waals surface area (Å²) in [5, 5.41) is 5.94. The Morgan fingerprint density at radius 1 is 1.57 bits per heavy atom. The zero-order chi connectivity index (χ0) is 5.11. The number of rotatable bonds is 0. The first kappa shape index (κ1) is 4.24. The highest BCUT2D eigenvalue weighted by Crippen LogP contribution is 1.84. The van der Waals surface area contributed by atoms with Crippen LogP contribution in [-0.4, -0.2) is 6.54 Å². The van der Waals surface area contributed by atoms with Gasteiger partial charge in [-0.2, -0.15) is 0 Å². The summed E-state index contributed by atoms with van der Waals surface area (Å²) in [6.45, 7) is 4.53. The number of hydrogen-bond donors (Lipinski definition) is 2. The lowest BCUT2D eigenvalue weighted by Gasteiger charge is -2.09. The van der Waals surface area contributed by atoms with E-state index in [2.05, 4.69) is 17.2 Å². The Morgan fingerprint density at radius 2 is 2.43 bits per heavy atom. The molecule has 2 N–H and O–H groups in total. The molecule has 2 heteroatoms. The third-order valence-electron chi connectivity index (χ3n) is 0.804. The monoisotopic (exact) mass is 96.1 g/mol. The van der Waals surface area contributed by atoms with Crippen LogP contribution in [0, 0.1) is 0 Å². The second-order valence-electron chi connectivity index (χ2n) is 1.46. The van der Waals surface area contributed by atoms with Gasteiger partial charge in [0.15, 0.2) is 0 Å². The van der Waals surface area contributed by atoms with Crippen molar-refractivity contribution < 1.29 is 0 Å². The zero-order valence-electron chi connectivity index (χ0n) is 4.07. The van der Waals surface area contributed by atoms with Crippen LogP contribution in [0.2, 0.25) is 0 Å². The fourth-order valence-electron chi connectivity index (χ4n) is 0.452. The van der Waals surface area contributed by atoms with Crippen LogP contribution < -0.4 is 10.6 Å². The van der Waals surface area contributed by atoms with Gasteiger partial charge >= 0.3 is 0 Å². The SMILES string of the molecule is C=C1CNC=CN1. The molecule has 0 aromatic carbocycles. The molecule has 0 radical (unpaired) electrons. The van der Waals surface area contributed by atoms with E-state index in [-0.39, 0.29) is 0 Å². The zero-order valence-corrected chi connectivity index (χ0v) is 4.07. The van der Waals surface area contributed by atoms with Gasteiger partial charge < -0.3 is 10.6 Å². The summed E-state index contributed by atoms with van der Waals surface area (Å²) in [7, 11) is 0. The van der Waals surface area contributed by atoms with Gasteiger partial charge in [-0.3, -0.25) is 0 Å². The lowest BCUT2D eigenvalue weighted by atomic mass is 10.4. The molecule has 38 valence electrons. The van der Waals surface area contributed by atoms with Crippen molar-refractivity contribution in [1.82, 2.24) is 10.6 Å². The van der Waals surface area contributed by atoms with Gasteiger partial charge in [-0.25, -0.2) is 0 Å². The van der Waals surface area contributed by atoms with Gasteiger partial charge in [0.1, 0.15) is 0 Å². The van der Waals surface area contributed by atoms with Crippen LogP contribution in [0.3, 0.4) is 0 Å². The maximum absolute atomic E-state index is 3.69. The van der Waals surface area contributed by atoms with Crippen LogP contribution in [0.1, 0.15) is 0 Å². The van der Waals surface area contributed by atoms with Gasteiger partial charge in [0, 0.05) is 18.1 Å². The third-order valence-corrected chi connectivity index (χ3v) is 0.804. The summed E-state index contributed by atoms with van der Waals surface area (Å²) in [6.07, 6.45) is 3.68. The molecule has 0 aromatic rings. The molecule has 1 rings (SSSR count). The molecule has 0 amide bonds. The van der Waals surface area contributed by atoms with Gasteiger partial charge in [-0.1, -0.05) is 6.58 Å². The minimum absolute atomic E-state index is 0.844. The third kappa shape index (κ3) is 0.961. The Balaban J connectivity index is 2.47. The van der Waals surface area contributed by atoms with Crippen molar-refractivity contribution in [3.05, 3.63) is 24.7 Å². The second-order valence-corrected chi connectivity index (χ2v) is 1.46. The Morgan fingerprint density at radius 3 is 2.71 bits per heavy atom. The summed E-state index contributed by atoms with van der Waals surface area (Å²) in [5.74, 6) is 0. The molecule has 0 spiro atoms. The normalized spacial score (nSPS) is 18.0. The van der Waals surface area contributed by atoms with E-state index in [0.717, 1.165) is 12.2 Å². The molecule has 0 aromatic heterocycles. The highest BCUT2D eigenvalue weighted by molar-refractivity contribution is 5.04. The summed E-state index contributed by atoms with van der Waals surface area (Å²) in [4.78, 5) is 0. The highest BCUT2D eigenvalue weighted by Gasteiger charge is 1.89. The van der Waals surface area contributed by atoms with Gasteiger partial charge in [0.2, 0.25) is 0 Å². The highest BCUT2D eigenvalue weighted by atomic mass is 15.0. The van der Waals surface area contributed by atoms with Crippen molar-refractivity contribution in [3.8, 4) is 0 Å². The van der Waals surface area contributed by atoms with E-state index < -0.39 is 0 Å². The molecule has 2 nitrogen and oxygen atoms in total. The Hall–Kier alpha value is -0.920. The van der Waals surface area contributed by atoms with Crippen LogP contribution in [0.15, 0.2) is 24.7 Å². The quantitative estimate of drug-likeness (QED) is 0.449. The minimum atomic E-state index is 0.844. The van der Waals surface area contributed by atoms with Crippen molar-refractivity contribution in [2.45, 2.75) is 0 Å². The van der Waals surface area contributed by atoms with Crippen molar-refractivity contribution in [2.75, 3.05) is 6.54 Å². The Labute approximate surface area is 42.9 Å². The Bertz CT molecular complexity index is 105. The first-order chi connectivity index (χ1) is 3.39. The molecule has 7 heavy (non-hydrogen) atoms. The summed E-state index contributed by atoms with van der Waals surface area (Å²) < 4.78 is 0. The molecule has 0 atom stereocenters. The summed E-state index contributed by atoms with van der Waals surface area (Å²) in [5.41, 5.74) is 1.02. The van der Waals surface area contributed by atoms with Gasteiger partial charge in [0.25, 0.3) is 0 Å². The molecule has 0 unspecified atom stereocenters. The van der Waals surface area contributed by atoms with E-state index in [9.17, 15) is 0 Å². The molecule has 0 bridgehead atoms. The van der Waals surface area contributed by atoms with E-state index >= 15 is 0 Å². The van der Waals surface area contributed by atoms with E-state index in [4.69, 9.17) is 0 Å². The standard InChI is InChI=1S/C5H8N2/c1-5-4-6-2-3-7-5/h2-3,6-7H,1,4H2. The van der Waals surface area contributed by atoms with Gasteiger partial charge in [0.05, 0.1) is 6.54 Å². The minimum Gasteiger partial charge on any atom is -0.384 e. The van der Waals surface area contributed by atoms with E-state index in [0.29, 0.717) is 0 Å². The van der Waals surface area contributed by atoms with E-state index in [1.165, 1.54) is 0 Å². The number of hydrogen-bond acceptors (Lipinski definition) is 2. The molecule has 0 aliphatic carbocycles. The lowest BCUT2D eigenvalue weighted by Crippen LogP contribution is -2.22. The first-order valence-electron chi connectivity index (χ1n) is 2.22. The average Bonchev–Trinajstić information content (AvgIpc) is 1.69. The molecule has 1 aliphatic rings. The van der Waals surface area contributed by atoms with Crippen molar-refractivity contribution >= 4 is 0 Å². The van der Waals surface area contributed by atoms with Crippen LogP contribution in [-0.2, 0) is 0 Å². The molecule has 0 saturated carbocycles. The molecule has 1 aliphatic heterocycles. The molecule has 1 heterocycles. The average molecular weight is 96.1 g/mol. The molecular formula is C5H8N2. The summed E-state index contributed by atoms with van der Waals surface area (Å²) in [6, 6.07) is 0. The molecule has 0 fully saturated rings. The maximum Gasteiger partial charge on any atom is 0.0540 e. The predicted octanol–water partition coefficient (Wildman–Crippen LogP) is 0.164. The molecule has 0 saturated heterocycles. The van der Waals surface area contributed by atoms with E-state index in [1.54, 1.807) is 0 Å². The van der Waals surface area contributed by atoms with Crippen molar-refractivity contribution in [1.29, 1.82) is 0 Å². The van der Waals surface area contributed by atoms with Crippen molar-refractivity contribution in [3.63, 3.8) is 0 Å². The maximum atomic E-state index is 3.69. The fourth-order valence-corrected chi connectivity index (χ4v) is 0.452. The van der Waals surface area contributed by atoms with E-state index in [1.807, 2.05) is 12.4 Å².